The van der Waals surface area contributed by atoms with Gasteiger partial charge in [-0.1, -0.05) is 66.7 Å². The van der Waals surface area contributed by atoms with E-state index < -0.39 is 110 Å². The van der Waals surface area contributed by atoms with Gasteiger partial charge in [-0.25, -0.2) is 13.2 Å². The summed E-state index contributed by atoms with van der Waals surface area (Å²) in [4.78, 5) is 41.9. The SMILES string of the molecule is CCC(COc1no[n+]([O-])c1S(=O)(=O)c1ccccc1)OC(=O)CCC(=O)Nc1ccn([C@@H]2O[C@H](CO[Si](C)(C)C(C)(C)C)[C@@H](O[Si](C)(C)C(C)(C)C)C2(F)F)c(=O)n1. The molecular formula is C37H55F2N5O12SSi2. The minimum absolute atomic E-state index is 0.171. The average Bonchev–Trinajstić information content (AvgIpc) is 3.62. The Balaban J connectivity index is 1.38. The van der Waals surface area contributed by atoms with Crippen molar-refractivity contribution in [3.05, 3.63) is 58.3 Å². The van der Waals surface area contributed by atoms with Crippen LogP contribution in [0.2, 0.25) is 36.3 Å². The first-order valence-electron chi connectivity index (χ1n) is 19.1. The summed E-state index contributed by atoms with van der Waals surface area (Å²) >= 11 is 0. The third-order valence-corrected chi connectivity index (χ3v) is 21.6. The number of anilines is 1. The molecule has 1 N–H and O–H groups in total. The lowest BCUT2D eigenvalue weighted by Gasteiger charge is -2.41. The van der Waals surface area contributed by atoms with E-state index in [4.69, 9.17) is 23.1 Å². The number of rotatable bonds is 17. The van der Waals surface area contributed by atoms with Crippen molar-refractivity contribution in [1.29, 1.82) is 0 Å². The van der Waals surface area contributed by atoms with Gasteiger partial charge in [0.1, 0.15) is 30.7 Å². The van der Waals surface area contributed by atoms with Gasteiger partial charge in [-0.15, -0.1) is 0 Å². The molecule has 1 amide bonds. The second kappa shape index (κ2) is 17.9. The normalized spacial score (nSPS) is 19.3. The van der Waals surface area contributed by atoms with Crippen molar-refractivity contribution in [2.45, 2.75) is 144 Å². The van der Waals surface area contributed by atoms with Crippen LogP contribution in [0.5, 0.6) is 5.88 Å². The zero-order chi connectivity index (χ0) is 44.4. The van der Waals surface area contributed by atoms with Gasteiger partial charge in [0.25, 0.3) is 9.84 Å². The Morgan fingerprint density at radius 2 is 1.66 bits per heavy atom. The standard InChI is InChI=1S/C37H55F2N5O12SSi2/c1-12-24(22-51-31-32(44(48)56-42-31)57(49,50)25-16-14-13-15-17-25)53-29(46)19-18-28(45)40-27-20-21-43(34(47)41-27)33-37(38,39)30(55-59(10,11)36(5,6)7)26(54-33)23-52-58(8,9)35(2,3)4/h13-17,20-21,24,26,30,33H,12,18-19,22-23H2,1-11H3,(H,40,41,45,47)/t24?,26-,30-,33-/m1/s1. The molecule has 0 spiro atoms. The molecule has 0 radical (unpaired) electrons. The highest BCUT2D eigenvalue weighted by atomic mass is 32.2. The summed E-state index contributed by atoms with van der Waals surface area (Å²) in [6.45, 7) is 20.7. The number of nitrogens with one attached hydrogen (secondary N) is 1. The fourth-order valence-corrected chi connectivity index (χ4v) is 8.83. The Morgan fingerprint density at radius 1 is 1.03 bits per heavy atom. The zero-order valence-electron chi connectivity index (χ0n) is 35.2. The summed E-state index contributed by atoms with van der Waals surface area (Å²) in [6, 6.07) is 8.24. The van der Waals surface area contributed by atoms with E-state index in [2.05, 4.69) is 20.1 Å². The number of benzene rings is 1. The van der Waals surface area contributed by atoms with E-state index in [0.29, 0.717) is 4.57 Å². The number of hydrogen-bond donors (Lipinski definition) is 1. The van der Waals surface area contributed by atoms with Crippen LogP contribution in [-0.2, 0) is 37.8 Å². The number of amides is 1. The topological polar surface area (TPSA) is 214 Å². The molecule has 3 aromatic rings. The van der Waals surface area contributed by atoms with Crippen LogP contribution in [0.4, 0.5) is 14.6 Å². The van der Waals surface area contributed by atoms with Crippen LogP contribution >= 0.6 is 0 Å². The molecule has 59 heavy (non-hydrogen) atoms. The van der Waals surface area contributed by atoms with Crippen molar-refractivity contribution in [3.63, 3.8) is 0 Å². The molecule has 1 aliphatic heterocycles. The molecule has 0 bridgehead atoms. The maximum Gasteiger partial charge on any atom is 0.415 e. The van der Waals surface area contributed by atoms with Gasteiger partial charge in [0.15, 0.2) is 16.6 Å². The van der Waals surface area contributed by atoms with E-state index in [-0.39, 0.29) is 33.7 Å². The first-order valence-corrected chi connectivity index (χ1v) is 26.4. The molecule has 4 atom stereocenters. The molecule has 328 valence electrons. The van der Waals surface area contributed by atoms with Gasteiger partial charge < -0.3 is 33.6 Å². The van der Waals surface area contributed by atoms with Gasteiger partial charge in [-0.2, -0.15) is 13.8 Å². The van der Waals surface area contributed by atoms with Gasteiger partial charge in [-0.05, 0) is 65.8 Å². The highest BCUT2D eigenvalue weighted by molar-refractivity contribution is 7.91. The molecule has 1 unspecified atom stereocenters. The Hall–Kier alpha value is -4.10. The van der Waals surface area contributed by atoms with E-state index in [1.807, 2.05) is 67.7 Å². The molecule has 4 rings (SSSR count). The lowest BCUT2D eigenvalue weighted by Crippen LogP contribution is -2.53. The molecule has 1 saturated heterocycles. The summed E-state index contributed by atoms with van der Waals surface area (Å²) < 4.78 is 93.2. The number of alkyl halides is 2. The zero-order valence-corrected chi connectivity index (χ0v) is 38.1. The fraction of sp³-hybridized carbons (Fsp3) is 0.622. The maximum atomic E-state index is 16.4. The van der Waals surface area contributed by atoms with Crippen LogP contribution < -0.4 is 20.6 Å². The summed E-state index contributed by atoms with van der Waals surface area (Å²) in [7, 11) is -9.55. The van der Waals surface area contributed by atoms with Crippen molar-refractivity contribution in [2.24, 2.45) is 0 Å². The Morgan fingerprint density at radius 3 is 2.24 bits per heavy atom. The largest absolute Gasteiger partial charge is 0.459 e. The number of aromatic nitrogens is 4. The van der Waals surface area contributed by atoms with Crippen LogP contribution in [0.3, 0.4) is 0 Å². The summed E-state index contributed by atoms with van der Waals surface area (Å²) in [5, 5.41) is 16.4. The molecule has 17 nitrogen and oxygen atoms in total. The number of ether oxygens (including phenoxy) is 3. The second-order valence-electron chi connectivity index (χ2n) is 17.3. The smallest absolute Gasteiger partial charge is 0.415 e. The molecule has 3 heterocycles. The third-order valence-electron chi connectivity index (χ3n) is 10.9. The lowest BCUT2D eigenvalue weighted by atomic mass is 10.1. The number of esters is 1. The van der Waals surface area contributed by atoms with E-state index in [1.165, 1.54) is 24.3 Å². The molecule has 22 heteroatoms. The molecule has 2 aromatic heterocycles. The van der Waals surface area contributed by atoms with Crippen molar-refractivity contribution in [3.8, 4) is 5.88 Å². The Labute approximate surface area is 344 Å². The second-order valence-corrected chi connectivity index (χ2v) is 28.7. The van der Waals surface area contributed by atoms with Gasteiger partial charge in [0, 0.05) is 12.6 Å². The minimum Gasteiger partial charge on any atom is -0.459 e. The molecule has 0 aliphatic carbocycles. The number of carbonyl (C=O) groups excluding carboxylic acids is 2. The first kappa shape index (κ1) is 47.6. The van der Waals surface area contributed by atoms with Crippen molar-refractivity contribution in [1.82, 2.24) is 14.7 Å². The monoisotopic (exact) mass is 887 g/mol. The molecule has 1 aromatic carbocycles. The number of halogens is 2. The van der Waals surface area contributed by atoms with E-state index in [0.717, 1.165) is 12.3 Å². The van der Waals surface area contributed by atoms with Gasteiger partial charge in [0.05, 0.1) is 23.1 Å². The quantitative estimate of drug-likeness (QED) is 0.0970. The van der Waals surface area contributed by atoms with E-state index in [9.17, 15) is 28.0 Å². The average molecular weight is 888 g/mol. The van der Waals surface area contributed by atoms with Gasteiger partial charge in [0.2, 0.25) is 12.1 Å². The summed E-state index contributed by atoms with van der Waals surface area (Å²) in [5.74, 6) is -6.11. The summed E-state index contributed by atoms with van der Waals surface area (Å²) in [6.07, 6.45) is -5.53. The van der Waals surface area contributed by atoms with Crippen LogP contribution in [0.1, 0.15) is 74.0 Å². The van der Waals surface area contributed by atoms with E-state index in [1.54, 1.807) is 13.0 Å². The fourth-order valence-electron chi connectivity index (χ4n) is 5.22. The first-order chi connectivity index (χ1) is 27.1. The highest BCUT2D eigenvalue weighted by Crippen LogP contribution is 2.48. The van der Waals surface area contributed by atoms with E-state index >= 15 is 8.78 Å². The van der Waals surface area contributed by atoms with Gasteiger partial charge >= 0.3 is 28.5 Å². The van der Waals surface area contributed by atoms with Crippen LogP contribution in [0.25, 0.3) is 0 Å². The molecular weight excluding hydrogens is 833 g/mol. The van der Waals surface area contributed by atoms with Crippen molar-refractivity contribution in [2.75, 3.05) is 18.5 Å². The molecule has 1 fully saturated rings. The number of nitrogens with zero attached hydrogens (tertiary/aromatic N) is 4. The maximum absolute atomic E-state index is 16.4. The number of hydrogen-bond acceptors (Lipinski definition) is 14. The highest BCUT2D eigenvalue weighted by Gasteiger charge is 2.63. The lowest BCUT2D eigenvalue weighted by molar-refractivity contribution is -0.832. The third kappa shape index (κ3) is 11.0. The van der Waals surface area contributed by atoms with Crippen LogP contribution in [-0.4, -0.2) is 89.1 Å². The van der Waals surface area contributed by atoms with Crippen LogP contribution in [0.15, 0.2) is 61.9 Å². The minimum atomic E-state index is -4.38. The number of sulfone groups is 1. The van der Waals surface area contributed by atoms with Crippen molar-refractivity contribution >= 4 is 44.2 Å². The Kier molecular flexibility index (Phi) is 14.4. The van der Waals surface area contributed by atoms with Gasteiger partial charge in [-0.3, -0.25) is 18.8 Å². The molecule has 1 aliphatic rings. The summed E-state index contributed by atoms with van der Waals surface area (Å²) in [5.41, 5.74) is -1.12. The Bertz CT molecular complexity index is 2120. The predicted octanol–water partition coefficient (Wildman–Crippen LogP) is 5.76. The van der Waals surface area contributed by atoms with Crippen molar-refractivity contribution < 1.29 is 59.4 Å². The van der Waals surface area contributed by atoms with Crippen LogP contribution in [0, 0.1) is 5.21 Å². The molecule has 0 saturated carbocycles. The predicted molar refractivity (Wildman–Crippen MR) is 213 cm³/mol. The number of carbonyl (C=O) groups is 2.